The van der Waals surface area contributed by atoms with Crippen molar-refractivity contribution >= 4 is 7.81 Å². The molecule has 0 aliphatic rings. The quantitative estimate of drug-likeness (QED) is 0.0881. The third-order valence-electron chi connectivity index (χ3n) is 4.19. The van der Waals surface area contributed by atoms with Crippen molar-refractivity contribution in [2.75, 3.05) is 26.2 Å². The summed E-state index contributed by atoms with van der Waals surface area (Å²) in [7, 11) is -10.7. The fraction of sp³-hybridized carbons (Fsp3) is 0.778. The molecule has 0 saturated carbocycles. The van der Waals surface area contributed by atoms with Crippen molar-refractivity contribution in [2.24, 2.45) is 0 Å². The molecular weight excluding hydrogens is 375 g/mol. The Morgan fingerprint density at radius 3 is 1.35 bits per heavy atom. The van der Waals surface area contributed by atoms with Gasteiger partial charge >= 0.3 is 33.0 Å². The molecule has 0 heterocycles. The summed E-state index contributed by atoms with van der Waals surface area (Å²) in [4.78, 5) is 0. The second-order valence-electron chi connectivity index (χ2n) is 6.76. The van der Waals surface area contributed by atoms with Crippen LogP contribution in [0.15, 0.2) is 25.3 Å². The zero-order valence-corrected chi connectivity index (χ0v) is 17.1. The van der Waals surface area contributed by atoms with E-state index in [0.717, 1.165) is 17.6 Å². The molecule has 0 bridgehead atoms. The van der Waals surface area contributed by atoms with Crippen LogP contribution in [-0.4, -0.2) is 30.7 Å². The molecule has 0 aromatic rings. The molecule has 0 unspecified atom stereocenters. The van der Waals surface area contributed by atoms with E-state index in [9.17, 15) is 25.2 Å². The first-order valence-electron chi connectivity index (χ1n) is 9.33. The number of quaternary nitrogens is 1. The van der Waals surface area contributed by atoms with Crippen molar-refractivity contribution in [3.05, 3.63) is 25.3 Å². The van der Waals surface area contributed by atoms with Gasteiger partial charge in [-0.15, -0.1) is 0 Å². The molecule has 0 aromatic heterocycles. The standard InChI is InChI=1S/C18H36N.F6P/c1-5-9-10-11-12-13-14-15-18-19(8-4,16-6-2)17-7-3;1-7(2,3,4,5)6/h6-7H,2-3,5,8-18H2,1,4H3;/q+1;-1. The molecule has 0 aliphatic carbocycles. The summed E-state index contributed by atoms with van der Waals surface area (Å²) in [5.74, 6) is 0. The van der Waals surface area contributed by atoms with Crippen LogP contribution in [0.4, 0.5) is 25.2 Å². The Hall–Kier alpha value is -0.550. The Morgan fingerprint density at radius 2 is 1.04 bits per heavy atom. The van der Waals surface area contributed by atoms with Crippen LogP contribution in [0.1, 0.15) is 65.2 Å². The number of likely N-dealkylation sites (N-methyl/N-ethyl adjacent to an activating group) is 1. The maximum atomic E-state index is 9.87. The number of halogens is 6. The van der Waals surface area contributed by atoms with Gasteiger partial charge in [-0.3, -0.25) is 0 Å². The van der Waals surface area contributed by atoms with Gasteiger partial charge in [-0.25, -0.2) is 0 Å². The van der Waals surface area contributed by atoms with Crippen LogP contribution in [0.3, 0.4) is 0 Å². The minimum absolute atomic E-state index is 1.08. The number of nitrogens with zero attached hydrogens (tertiary/aromatic N) is 1. The van der Waals surface area contributed by atoms with Crippen molar-refractivity contribution in [3.63, 3.8) is 0 Å². The van der Waals surface area contributed by atoms with Gasteiger partial charge in [0.25, 0.3) is 0 Å². The summed E-state index contributed by atoms with van der Waals surface area (Å²) in [6.07, 6.45) is 15.3. The van der Waals surface area contributed by atoms with Gasteiger partial charge in [-0.2, -0.15) is 0 Å². The second-order valence-corrected chi connectivity index (χ2v) is 8.67. The van der Waals surface area contributed by atoms with E-state index in [-0.39, 0.29) is 0 Å². The van der Waals surface area contributed by atoms with Crippen molar-refractivity contribution in [1.29, 1.82) is 0 Å². The predicted octanol–water partition coefficient (Wildman–Crippen LogP) is 8.72. The van der Waals surface area contributed by atoms with Gasteiger partial charge < -0.3 is 4.48 Å². The molecule has 0 aromatic carbocycles. The van der Waals surface area contributed by atoms with E-state index in [1.807, 2.05) is 0 Å². The molecule has 0 N–H and O–H groups in total. The Morgan fingerprint density at radius 1 is 0.692 bits per heavy atom. The van der Waals surface area contributed by atoms with Crippen LogP contribution in [0.25, 0.3) is 0 Å². The van der Waals surface area contributed by atoms with E-state index in [4.69, 9.17) is 0 Å². The molecule has 0 rings (SSSR count). The van der Waals surface area contributed by atoms with Gasteiger partial charge in [-0.05, 0) is 31.9 Å². The summed E-state index contributed by atoms with van der Waals surface area (Å²) >= 11 is 0. The van der Waals surface area contributed by atoms with E-state index >= 15 is 0 Å². The number of hydrogen-bond donors (Lipinski definition) is 0. The zero-order chi connectivity index (χ0) is 20.8. The monoisotopic (exact) mass is 411 g/mol. The fourth-order valence-electron chi connectivity index (χ4n) is 2.80. The number of unbranched alkanes of at least 4 members (excludes halogenated alkanes) is 7. The molecule has 0 radical (unpaired) electrons. The van der Waals surface area contributed by atoms with Gasteiger partial charge in [0.1, 0.15) is 0 Å². The van der Waals surface area contributed by atoms with Crippen molar-refractivity contribution in [1.82, 2.24) is 0 Å². The zero-order valence-electron chi connectivity index (χ0n) is 16.2. The van der Waals surface area contributed by atoms with E-state index in [2.05, 4.69) is 39.2 Å². The molecule has 160 valence electrons. The van der Waals surface area contributed by atoms with E-state index in [1.165, 1.54) is 64.5 Å². The summed E-state index contributed by atoms with van der Waals surface area (Å²) < 4.78 is 60.3. The summed E-state index contributed by atoms with van der Waals surface area (Å²) in [6.45, 7) is 17.0. The SMILES string of the molecule is C=CC[N+](CC)(CC=C)CCCCCCCCCC.F[P-](F)(F)(F)(F)F. The van der Waals surface area contributed by atoms with E-state index < -0.39 is 7.81 Å². The minimum atomic E-state index is -10.7. The summed E-state index contributed by atoms with van der Waals surface area (Å²) in [5, 5.41) is 0. The van der Waals surface area contributed by atoms with Gasteiger partial charge in [0.2, 0.25) is 0 Å². The summed E-state index contributed by atoms with van der Waals surface area (Å²) in [5.41, 5.74) is 0. The Balaban J connectivity index is 0. The normalized spacial score (nSPS) is 14.6. The number of hydrogen-bond acceptors (Lipinski definition) is 0. The molecule has 26 heavy (non-hydrogen) atoms. The molecule has 8 heteroatoms. The molecule has 1 nitrogen and oxygen atoms in total. The van der Waals surface area contributed by atoms with Crippen molar-refractivity contribution in [2.45, 2.75) is 65.2 Å². The molecule has 0 spiro atoms. The third-order valence-corrected chi connectivity index (χ3v) is 4.19. The average molecular weight is 411 g/mol. The van der Waals surface area contributed by atoms with E-state index in [1.54, 1.807) is 0 Å². The van der Waals surface area contributed by atoms with Crippen LogP contribution in [-0.2, 0) is 0 Å². The second kappa shape index (κ2) is 11.3. The van der Waals surface area contributed by atoms with Crippen LogP contribution >= 0.6 is 7.81 Å². The third kappa shape index (κ3) is 25.7. The van der Waals surface area contributed by atoms with Crippen LogP contribution in [0.2, 0.25) is 0 Å². The average Bonchev–Trinajstić information content (AvgIpc) is 2.47. The molecule has 0 aliphatic heterocycles. The predicted molar refractivity (Wildman–Crippen MR) is 102 cm³/mol. The van der Waals surface area contributed by atoms with Crippen molar-refractivity contribution in [3.8, 4) is 0 Å². The first-order valence-corrected chi connectivity index (χ1v) is 11.4. The Labute approximate surface area is 155 Å². The molecular formula is C18H36F6NP. The van der Waals surface area contributed by atoms with Gasteiger partial charge in [-0.1, -0.05) is 58.6 Å². The number of rotatable bonds is 14. The topological polar surface area (TPSA) is 0 Å². The van der Waals surface area contributed by atoms with Gasteiger partial charge in [0.15, 0.2) is 0 Å². The molecule has 0 saturated heterocycles. The fourth-order valence-corrected chi connectivity index (χ4v) is 2.80. The van der Waals surface area contributed by atoms with Crippen LogP contribution in [0, 0.1) is 0 Å². The Bertz CT molecular complexity index is 369. The first kappa shape index (κ1) is 27.7. The van der Waals surface area contributed by atoms with Gasteiger partial charge in [0, 0.05) is 0 Å². The van der Waals surface area contributed by atoms with Gasteiger partial charge in [0.05, 0.1) is 26.2 Å². The van der Waals surface area contributed by atoms with E-state index in [0.29, 0.717) is 0 Å². The van der Waals surface area contributed by atoms with Crippen molar-refractivity contribution < 1.29 is 29.7 Å². The van der Waals surface area contributed by atoms with Crippen LogP contribution < -0.4 is 0 Å². The molecule has 0 fully saturated rings. The van der Waals surface area contributed by atoms with Crippen LogP contribution in [0.5, 0.6) is 0 Å². The molecule has 0 atom stereocenters. The maximum absolute atomic E-state index is 10.7. The molecule has 0 amide bonds. The Kier molecular flexibility index (Phi) is 12.1. The summed E-state index contributed by atoms with van der Waals surface area (Å²) in [6, 6.07) is 0. The first-order chi connectivity index (χ1) is 11.7.